The van der Waals surface area contributed by atoms with Crippen LogP contribution in [0.3, 0.4) is 0 Å². The van der Waals surface area contributed by atoms with E-state index in [0.717, 1.165) is 14.4 Å². The van der Waals surface area contributed by atoms with Crippen LogP contribution < -0.4 is 5.32 Å². The number of carbonyl (C=O) groups excluding carboxylic acids is 1. The van der Waals surface area contributed by atoms with Crippen molar-refractivity contribution < 1.29 is 9.21 Å². The van der Waals surface area contributed by atoms with E-state index < -0.39 is 0 Å². The largest absolute Gasteiger partial charge is 0.467 e. The molecule has 17 heavy (non-hydrogen) atoms. The molecule has 1 amide bonds. The van der Waals surface area contributed by atoms with E-state index in [1.165, 1.54) is 6.08 Å². The van der Waals surface area contributed by atoms with Crippen LogP contribution in [0.15, 0.2) is 44.8 Å². The van der Waals surface area contributed by atoms with Crippen LogP contribution in [-0.4, -0.2) is 5.91 Å². The topological polar surface area (TPSA) is 42.2 Å². The lowest BCUT2D eigenvalue weighted by atomic mass is 10.4. The van der Waals surface area contributed by atoms with Gasteiger partial charge in [-0.2, -0.15) is 0 Å². The zero-order valence-corrected chi connectivity index (χ0v) is 11.3. The molecule has 0 radical (unpaired) electrons. The second-order valence-electron chi connectivity index (χ2n) is 3.27. The van der Waals surface area contributed by atoms with Crippen LogP contribution in [0.5, 0.6) is 0 Å². The number of furan rings is 1. The Morgan fingerprint density at radius 1 is 1.47 bits per heavy atom. The summed E-state index contributed by atoms with van der Waals surface area (Å²) in [5.41, 5.74) is 0. The molecular weight excluding hydrogens is 302 g/mol. The van der Waals surface area contributed by atoms with Crippen molar-refractivity contribution in [2.24, 2.45) is 0 Å². The second-order valence-corrected chi connectivity index (χ2v) is 5.77. The molecule has 0 fully saturated rings. The fraction of sp³-hybridized carbons (Fsp3) is 0.0833. The Balaban J connectivity index is 1.83. The van der Waals surface area contributed by atoms with Crippen LogP contribution in [0.1, 0.15) is 10.6 Å². The van der Waals surface area contributed by atoms with Gasteiger partial charge in [0.15, 0.2) is 0 Å². The molecule has 0 aliphatic rings. The standard InChI is InChI=1S/C12H10BrNO2S/c13-11-5-3-10(17-11)4-6-12(15)14-8-9-2-1-7-16-9/h1-7H,8H2,(H,14,15)/b6-4+. The van der Waals surface area contributed by atoms with Gasteiger partial charge < -0.3 is 9.73 Å². The van der Waals surface area contributed by atoms with E-state index in [1.54, 1.807) is 29.7 Å². The Morgan fingerprint density at radius 3 is 3.00 bits per heavy atom. The zero-order chi connectivity index (χ0) is 12.1. The molecule has 0 aromatic carbocycles. The van der Waals surface area contributed by atoms with Gasteiger partial charge in [0.2, 0.25) is 5.91 Å². The SMILES string of the molecule is O=C(/C=C/c1ccc(Br)s1)NCc1ccco1. The summed E-state index contributed by atoms with van der Waals surface area (Å²) in [6, 6.07) is 7.51. The average Bonchev–Trinajstić information content (AvgIpc) is 2.95. The van der Waals surface area contributed by atoms with Gasteiger partial charge in [-0.25, -0.2) is 0 Å². The van der Waals surface area contributed by atoms with Crippen LogP contribution in [0.2, 0.25) is 0 Å². The number of hydrogen-bond acceptors (Lipinski definition) is 3. The number of nitrogens with one attached hydrogen (secondary N) is 1. The number of carbonyl (C=O) groups is 1. The molecule has 0 aliphatic carbocycles. The Bertz CT molecular complexity index is 516. The van der Waals surface area contributed by atoms with E-state index in [0.29, 0.717) is 6.54 Å². The second kappa shape index (κ2) is 5.84. The van der Waals surface area contributed by atoms with Crippen LogP contribution >= 0.6 is 27.3 Å². The molecule has 2 aromatic rings. The van der Waals surface area contributed by atoms with Crippen molar-refractivity contribution in [1.82, 2.24) is 5.32 Å². The molecule has 0 unspecified atom stereocenters. The van der Waals surface area contributed by atoms with Gasteiger partial charge in [0.25, 0.3) is 0 Å². The Kier molecular flexibility index (Phi) is 4.17. The Labute approximate surface area is 111 Å². The van der Waals surface area contributed by atoms with Gasteiger partial charge in [0, 0.05) is 11.0 Å². The molecule has 3 nitrogen and oxygen atoms in total. The summed E-state index contributed by atoms with van der Waals surface area (Å²) in [6.45, 7) is 0.407. The molecule has 1 N–H and O–H groups in total. The van der Waals surface area contributed by atoms with Gasteiger partial charge in [-0.3, -0.25) is 4.79 Å². The minimum absolute atomic E-state index is 0.133. The van der Waals surface area contributed by atoms with Gasteiger partial charge >= 0.3 is 0 Å². The maximum Gasteiger partial charge on any atom is 0.244 e. The van der Waals surface area contributed by atoms with Crippen LogP contribution in [0.4, 0.5) is 0 Å². The van der Waals surface area contributed by atoms with Gasteiger partial charge in [0.05, 0.1) is 16.6 Å². The van der Waals surface area contributed by atoms with E-state index in [-0.39, 0.29) is 5.91 Å². The third kappa shape index (κ3) is 3.87. The summed E-state index contributed by atoms with van der Waals surface area (Å²) in [5.74, 6) is 0.608. The molecule has 0 saturated carbocycles. The number of thiophene rings is 1. The molecule has 88 valence electrons. The monoisotopic (exact) mass is 311 g/mol. The van der Waals surface area contributed by atoms with Crippen molar-refractivity contribution in [3.05, 3.63) is 51.0 Å². The first kappa shape index (κ1) is 12.1. The number of rotatable bonds is 4. The first-order chi connectivity index (χ1) is 8.24. The maximum absolute atomic E-state index is 11.5. The first-order valence-electron chi connectivity index (χ1n) is 4.97. The van der Waals surface area contributed by atoms with E-state index in [1.807, 2.05) is 18.2 Å². The number of hydrogen-bond donors (Lipinski definition) is 1. The smallest absolute Gasteiger partial charge is 0.244 e. The van der Waals surface area contributed by atoms with Crippen LogP contribution in [0.25, 0.3) is 6.08 Å². The minimum atomic E-state index is -0.133. The average molecular weight is 312 g/mol. The van der Waals surface area contributed by atoms with Crippen molar-refractivity contribution >= 4 is 39.2 Å². The molecule has 5 heteroatoms. The molecular formula is C12H10BrNO2S. The fourth-order valence-corrected chi connectivity index (χ4v) is 2.55. The number of amides is 1. The first-order valence-corrected chi connectivity index (χ1v) is 6.58. The molecule has 0 aliphatic heterocycles. The van der Waals surface area contributed by atoms with Gasteiger partial charge in [-0.1, -0.05) is 0 Å². The molecule has 0 spiro atoms. The predicted molar refractivity (Wildman–Crippen MR) is 71.6 cm³/mol. The Hall–Kier alpha value is -1.33. The molecule has 2 aromatic heterocycles. The quantitative estimate of drug-likeness (QED) is 0.879. The lowest BCUT2D eigenvalue weighted by Crippen LogP contribution is -2.19. The third-order valence-electron chi connectivity index (χ3n) is 2.01. The van der Waals surface area contributed by atoms with Crippen molar-refractivity contribution in [3.63, 3.8) is 0 Å². The predicted octanol–water partition coefficient (Wildman–Crippen LogP) is 3.43. The summed E-state index contributed by atoms with van der Waals surface area (Å²) < 4.78 is 6.16. The van der Waals surface area contributed by atoms with Crippen LogP contribution in [-0.2, 0) is 11.3 Å². The zero-order valence-electron chi connectivity index (χ0n) is 8.85. The highest BCUT2D eigenvalue weighted by Gasteiger charge is 1.99. The lowest BCUT2D eigenvalue weighted by molar-refractivity contribution is -0.116. The maximum atomic E-state index is 11.5. The summed E-state index contributed by atoms with van der Waals surface area (Å²) in [6.07, 6.45) is 4.88. The summed E-state index contributed by atoms with van der Waals surface area (Å²) in [7, 11) is 0. The van der Waals surface area contributed by atoms with Crippen molar-refractivity contribution in [3.8, 4) is 0 Å². The van der Waals surface area contributed by atoms with E-state index >= 15 is 0 Å². The lowest BCUT2D eigenvalue weighted by Gasteiger charge is -1.97. The molecule has 0 atom stereocenters. The highest BCUT2D eigenvalue weighted by atomic mass is 79.9. The van der Waals surface area contributed by atoms with Gasteiger partial charge in [-0.15, -0.1) is 11.3 Å². The van der Waals surface area contributed by atoms with Crippen molar-refractivity contribution in [2.75, 3.05) is 0 Å². The summed E-state index contributed by atoms with van der Waals surface area (Å²) >= 11 is 4.94. The van der Waals surface area contributed by atoms with Gasteiger partial charge in [-0.05, 0) is 46.3 Å². The minimum Gasteiger partial charge on any atom is -0.467 e. The van der Waals surface area contributed by atoms with Crippen molar-refractivity contribution in [2.45, 2.75) is 6.54 Å². The molecule has 0 bridgehead atoms. The highest BCUT2D eigenvalue weighted by Crippen LogP contribution is 2.22. The van der Waals surface area contributed by atoms with E-state index in [9.17, 15) is 4.79 Å². The van der Waals surface area contributed by atoms with Gasteiger partial charge in [0.1, 0.15) is 5.76 Å². The fourth-order valence-electron chi connectivity index (χ4n) is 1.22. The highest BCUT2D eigenvalue weighted by molar-refractivity contribution is 9.11. The number of halogens is 1. The Morgan fingerprint density at radius 2 is 2.35 bits per heavy atom. The third-order valence-corrected chi connectivity index (χ3v) is 3.60. The van der Waals surface area contributed by atoms with Crippen LogP contribution in [0, 0.1) is 0 Å². The summed E-state index contributed by atoms with van der Waals surface area (Å²) in [4.78, 5) is 12.5. The van der Waals surface area contributed by atoms with Crippen molar-refractivity contribution in [1.29, 1.82) is 0 Å². The molecule has 0 saturated heterocycles. The normalized spacial score (nSPS) is 10.9. The molecule has 2 rings (SSSR count). The van der Waals surface area contributed by atoms with E-state index in [4.69, 9.17) is 4.42 Å². The summed E-state index contributed by atoms with van der Waals surface area (Å²) in [5, 5.41) is 2.74. The molecule has 2 heterocycles. The van der Waals surface area contributed by atoms with E-state index in [2.05, 4.69) is 21.2 Å².